The van der Waals surface area contributed by atoms with Crippen LogP contribution in [0.5, 0.6) is 0 Å². The van der Waals surface area contributed by atoms with E-state index in [1.165, 1.54) is 17.0 Å². The molecule has 3 atom stereocenters. The summed E-state index contributed by atoms with van der Waals surface area (Å²) in [7, 11) is 0. The highest BCUT2D eigenvalue weighted by atomic mass is 127. The molecule has 0 aliphatic carbocycles. The van der Waals surface area contributed by atoms with Gasteiger partial charge in [-0.05, 0) is 89.4 Å². The minimum atomic E-state index is -1.37. The number of carbonyl (C=O) groups is 4. The summed E-state index contributed by atoms with van der Waals surface area (Å²) in [6.45, 7) is 7.53. The second kappa shape index (κ2) is 19.9. The molecule has 0 saturated carbocycles. The van der Waals surface area contributed by atoms with Gasteiger partial charge >= 0.3 is 0 Å². The zero-order valence-corrected chi connectivity index (χ0v) is 35.2. The van der Waals surface area contributed by atoms with Crippen molar-refractivity contribution in [2.24, 2.45) is 5.41 Å². The molecule has 310 valence electrons. The van der Waals surface area contributed by atoms with Gasteiger partial charge in [-0.2, -0.15) is 0 Å². The van der Waals surface area contributed by atoms with Crippen molar-refractivity contribution in [3.05, 3.63) is 98.0 Å². The summed E-state index contributed by atoms with van der Waals surface area (Å²) < 4.78 is 43.7. The molecular weight excluding hydrogens is 890 g/mol. The molecule has 1 aliphatic rings. The molecule has 6 N–H and O–H groups in total. The number of aryl methyl sites for hydroxylation is 1. The number of nitrogens with zero attached hydrogens (tertiary/aromatic N) is 2. The molecule has 3 aromatic carbocycles. The van der Waals surface area contributed by atoms with E-state index in [1.807, 2.05) is 53.8 Å². The number of thiazole rings is 1. The monoisotopic (exact) mass is 935 g/mol. The van der Waals surface area contributed by atoms with Gasteiger partial charge in [0, 0.05) is 23.1 Å². The maximum Gasteiger partial charge on any atom is 0.277 e. The summed E-state index contributed by atoms with van der Waals surface area (Å²) in [5.74, 6) is -5.63. The van der Waals surface area contributed by atoms with Gasteiger partial charge in [-0.25, -0.2) is 23.6 Å². The van der Waals surface area contributed by atoms with E-state index in [0.29, 0.717) is 9.99 Å². The number of halogens is 4. The molecule has 1 aromatic heterocycles. The Bertz CT molecular complexity index is 2120. The zero-order chi connectivity index (χ0) is 42.1. The number of anilines is 2. The smallest absolute Gasteiger partial charge is 0.277 e. The van der Waals surface area contributed by atoms with Crippen LogP contribution in [0.2, 0.25) is 0 Å². The molecule has 0 unspecified atom stereocenters. The summed E-state index contributed by atoms with van der Waals surface area (Å²) in [6.07, 6.45) is -0.544. The molecule has 0 spiro atoms. The summed E-state index contributed by atoms with van der Waals surface area (Å²) in [5, 5.41) is 21.5. The third-order valence-corrected chi connectivity index (χ3v) is 10.9. The first-order valence-corrected chi connectivity index (χ1v) is 20.4. The number of rotatable bonds is 16. The lowest BCUT2D eigenvalue weighted by Gasteiger charge is -2.35. The van der Waals surface area contributed by atoms with E-state index in [0.717, 1.165) is 33.8 Å². The van der Waals surface area contributed by atoms with E-state index in [9.17, 15) is 37.5 Å². The highest BCUT2D eigenvalue weighted by Gasteiger charge is 2.44. The molecule has 4 aromatic rings. The quantitative estimate of drug-likeness (QED) is 0.0493. The number of hydrogen-bond acceptors (Lipinski definition) is 10. The van der Waals surface area contributed by atoms with Crippen LogP contribution in [-0.2, 0) is 25.8 Å². The van der Waals surface area contributed by atoms with E-state index in [2.05, 4.69) is 31.7 Å². The minimum absolute atomic E-state index is 0.0275. The number of hydroxylamine groups is 1. The van der Waals surface area contributed by atoms with Gasteiger partial charge in [-0.15, -0.1) is 11.3 Å². The molecule has 1 saturated heterocycles. The number of aliphatic hydroxyl groups is 1. The fraction of sp³-hybridized carbons (Fsp3) is 0.375. The molecule has 5 rings (SSSR count). The van der Waals surface area contributed by atoms with Crippen molar-refractivity contribution in [1.29, 1.82) is 0 Å². The van der Waals surface area contributed by atoms with Gasteiger partial charge in [0.15, 0.2) is 11.6 Å². The molecular formula is C40H45F3IN7O6S. The summed E-state index contributed by atoms with van der Waals surface area (Å²) in [4.78, 5) is 65.0. The van der Waals surface area contributed by atoms with Crippen LogP contribution in [-0.4, -0.2) is 83.0 Å². The fourth-order valence-corrected chi connectivity index (χ4v) is 7.49. The number of aliphatic hydroxyl groups excluding tert-OH is 1. The van der Waals surface area contributed by atoms with E-state index in [4.69, 9.17) is 4.84 Å². The number of likely N-dealkylation sites (tertiary alicyclic amines) is 1. The SMILES string of the molecule is Cc1ncsc1-c1ccc(CNC(=O)[C@@H]2C[C@@H](O)CN2C(=O)[C@@H](NC(=O)CNCCCONC(=O)c2ccc(F)c(F)c2Nc2ccc(I)cc2F)C(C)(C)C)cc1. The maximum atomic E-state index is 14.7. The van der Waals surface area contributed by atoms with Crippen LogP contribution in [0.4, 0.5) is 24.5 Å². The highest BCUT2D eigenvalue weighted by molar-refractivity contribution is 14.1. The largest absolute Gasteiger partial charge is 0.391 e. The Morgan fingerprint density at radius 3 is 2.47 bits per heavy atom. The third-order valence-electron chi connectivity index (χ3n) is 9.29. The van der Waals surface area contributed by atoms with E-state index >= 15 is 0 Å². The first kappa shape index (κ1) is 44.5. The average molecular weight is 936 g/mol. The molecule has 2 heterocycles. The molecule has 1 fully saturated rings. The number of aromatic nitrogens is 1. The number of amides is 4. The van der Waals surface area contributed by atoms with Crippen molar-refractivity contribution in [3.8, 4) is 10.4 Å². The van der Waals surface area contributed by atoms with Crippen LogP contribution in [0, 0.1) is 33.4 Å². The maximum absolute atomic E-state index is 14.7. The first-order chi connectivity index (χ1) is 27.5. The van der Waals surface area contributed by atoms with Gasteiger partial charge in [0.2, 0.25) is 17.7 Å². The number of β-amino-alcohol motifs (C(OH)–C–C–N with tert-alkyl or cyclic N) is 1. The predicted molar refractivity (Wildman–Crippen MR) is 221 cm³/mol. The Balaban J connectivity index is 1.07. The lowest BCUT2D eigenvalue weighted by molar-refractivity contribution is -0.144. The van der Waals surface area contributed by atoms with Gasteiger partial charge in [0.05, 0.1) is 52.3 Å². The van der Waals surface area contributed by atoms with Crippen molar-refractivity contribution >= 4 is 68.9 Å². The second-order valence-electron chi connectivity index (χ2n) is 14.8. The van der Waals surface area contributed by atoms with E-state index < -0.39 is 70.4 Å². The number of carbonyl (C=O) groups excluding carboxylic acids is 4. The van der Waals surface area contributed by atoms with Crippen molar-refractivity contribution in [1.82, 2.24) is 31.3 Å². The van der Waals surface area contributed by atoms with Crippen molar-refractivity contribution < 1.29 is 42.3 Å². The van der Waals surface area contributed by atoms with Crippen LogP contribution in [0.25, 0.3) is 10.4 Å². The standard InChI is InChI=1S/C40H45F3IN7O6S/c1-22-35(58-21-47-22)24-8-6-23(7-9-24)18-46-38(55)31-17-26(52)20-51(31)39(56)36(40(2,3)4)49-32(53)19-45-14-5-15-57-50-37(54)27-11-12-28(41)33(43)34(27)48-30-13-10-25(44)16-29(30)42/h6-13,16,21,26,31,36,45,48,52H,5,14-15,17-20H2,1-4H3,(H,46,55)(H,49,53)(H,50,54)/t26-,31+,36-/m1/s1. The number of hydrogen-bond donors (Lipinski definition) is 6. The lowest BCUT2D eigenvalue weighted by atomic mass is 9.85. The summed E-state index contributed by atoms with van der Waals surface area (Å²) in [5.41, 5.74) is 4.97. The first-order valence-electron chi connectivity index (χ1n) is 18.4. The van der Waals surface area contributed by atoms with Gasteiger partial charge in [0.25, 0.3) is 5.91 Å². The molecule has 18 heteroatoms. The van der Waals surface area contributed by atoms with Crippen molar-refractivity contribution in [2.75, 3.05) is 31.6 Å². The second-order valence-corrected chi connectivity index (χ2v) is 16.9. The van der Waals surface area contributed by atoms with Crippen LogP contribution in [0.1, 0.15) is 55.2 Å². The van der Waals surface area contributed by atoms with Gasteiger partial charge in [-0.1, -0.05) is 45.0 Å². The van der Waals surface area contributed by atoms with Crippen molar-refractivity contribution in [3.63, 3.8) is 0 Å². The molecule has 1 aliphatic heterocycles. The third kappa shape index (κ3) is 11.5. The van der Waals surface area contributed by atoms with E-state index in [-0.39, 0.29) is 50.5 Å². The minimum Gasteiger partial charge on any atom is -0.391 e. The molecule has 4 amide bonds. The zero-order valence-electron chi connectivity index (χ0n) is 32.3. The Morgan fingerprint density at radius 2 is 1.79 bits per heavy atom. The number of benzene rings is 3. The Labute approximate surface area is 351 Å². The van der Waals surface area contributed by atoms with Crippen molar-refractivity contribution in [2.45, 2.75) is 65.3 Å². The van der Waals surface area contributed by atoms with Crippen LogP contribution in [0.3, 0.4) is 0 Å². The van der Waals surface area contributed by atoms with Gasteiger partial charge < -0.3 is 31.3 Å². The average Bonchev–Trinajstić information content (AvgIpc) is 3.79. The Hall–Kier alpha value is -4.63. The van der Waals surface area contributed by atoms with E-state index in [1.54, 1.807) is 43.7 Å². The highest BCUT2D eigenvalue weighted by Crippen LogP contribution is 2.30. The predicted octanol–water partition coefficient (Wildman–Crippen LogP) is 5.33. The van der Waals surface area contributed by atoms with Gasteiger partial charge in [-0.3, -0.25) is 24.0 Å². The van der Waals surface area contributed by atoms with Gasteiger partial charge in [0.1, 0.15) is 17.9 Å². The number of nitrogens with one attached hydrogen (secondary N) is 5. The molecule has 13 nitrogen and oxygen atoms in total. The summed E-state index contributed by atoms with van der Waals surface area (Å²) >= 11 is 3.45. The van der Waals surface area contributed by atoms with Crippen LogP contribution < -0.4 is 26.7 Å². The molecule has 0 radical (unpaired) electrons. The van der Waals surface area contributed by atoms with Crippen LogP contribution in [0.15, 0.2) is 60.1 Å². The lowest BCUT2D eigenvalue weighted by Crippen LogP contribution is -2.58. The summed E-state index contributed by atoms with van der Waals surface area (Å²) in [6, 6.07) is 11.7. The Morgan fingerprint density at radius 1 is 1.05 bits per heavy atom. The topological polar surface area (TPSA) is 174 Å². The molecule has 0 bridgehead atoms. The normalized spacial score (nSPS) is 15.8. The van der Waals surface area contributed by atoms with Crippen LogP contribution >= 0.6 is 33.9 Å². The molecule has 58 heavy (non-hydrogen) atoms. The Kier molecular flexibility index (Phi) is 15.2. The fourth-order valence-electron chi connectivity index (χ4n) is 6.22.